The van der Waals surface area contributed by atoms with E-state index in [1.54, 1.807) is 23.0 Å². The Labute approximate surface area is 228 Å². The molecule has 0 spiro atoms. The Kier molecular flexibility index (Phi) is 8.17. The molecule has 1 aliphatic rings. The summed E-state index contributed by atoms with van der Waals surface area (Å²) in [7, 11) is 0. The van der Waals surface area contributed by atoms with Gasteiger partial charge in [-0.05, 0) is 74.5 Å². The molecule has 1 aromatic heterocycles. The number of phenolic OH excluding ortho intramolecular Hbond substituents is 1. The first-order valence-corrected chi connectivity index (χ1v) is 13.5. The summed E-state index contributed by atoms with van der Waals surface area (Å²) in [5.74, 6) is 1.13. The highest BCUT2D eigenvalue weighted by atomic mass is 16.5. The van der Waals surface area contributed by atoms with E-state index in [4.69, 9.17) is 4.74 Å². The number of aromatic hydroxyl groups is 1. The number of ether oxygens (including phenoxy) is 1. The average Bonchev–Trinajstić information content (AvgIpc) is 3.37. The number of benzene rings is 3. The second kappa shape index (κ2) is 12.1. The summed E-state index contributed by atoms with van der Waals surface area (Å²) < 4.78 is 8.87. The first-order valence-electron chi connectivity index (χ1n) is 13.5. The van der Waals surface area contributed by atoms with Crippen molar-refractivity contribution in [2.75, 3.05) is 49.1 Å². The minimum absolute atomic E-state index is 0.0352. The Balaban J connectivity index is 1.15. The van der Waals surface area contributed by atoms with Crippen molar-refractivity contribution in [3.63, 3.8) is 0 Å². The molecule has 1 saturated heterocycles. The minimum atomic E-state index is -0.160. The molecule has 0 amide bonds. The summed E-state index contributed by atoms with van der Waals surface area (Å²) in [6.45, 7) is 8.86. The number of aromatic nitrogens is 3. The van der Waals surface area contributed by atoms with Crippen molar-refractivity contribution < 1.29 is 9.84 Å². The van der Waals surface area contributed by atoms with Crippen molar-refractivity contribution >= 4 is 11.4 Å². The molecule has 0 radical (unpaired) electrons. The van der Waals surface area contributed by atoms with Crippen LogP contribution in [0.25, 0.3) is 5.69 Å². The number of hydrogen-bond acceptors (Lipinski definition) is 7. The van der Waals surface area contributed by atoms with Crippen LogP contribution in [-0.4, -0.2) is 64.8 Å². The van der Waals surface area contributed by atoms with E-state index in [0.717, 1.165) is 49.0 Å². The van der Waals surface area contributed by atoms with Gasteiger partial charge in [0, 0.05) is 50.1 Å². The van der Waals surface area contributed by atoms with Gasteiger partial charge in [0.25, 0.3) is 0 Å². The number of piperazine rings is 1. The topological polar surface area (TPSA) is 87.8 Å². The van der Waals surface area contributed by atoms with Crippen molar-refractivity contribution in [3.05, 3.63) is 95.7 Å². The summed E-state index contributed by atoms with van der Waals surface area (Å²) in [4.78, 5) is 17.9. The van der Waals surface area contributed by atoms with Gasteiger partial charge in [0.1, 0.15) is 24.4 Å². The quantitative estimate of drug-likeness (QED) is 0.304. The molecule has 2 atom stereocenters. The number of anilines is 2. The number of phenols is 1. The van der Waals surface area contributed by atoms with Crippen LogP contribution in [0.4, 0.5) is 11.4 Å². The van der Waals surface area contributed by atoms with Crippen LogP contribution in [0.3, 0.4) is 0 Å². The molecule has 1 fully saturated rings. The molecule has 39 heavy (non-hydrogen) atoms. The van der Waals surface area contributed by atoms with E-state index in [1.165, 1.54) is 4.68 Å². The molecule has 1 aliphatic heterocycles. The zero-order valence-electron chi connectivity index (χ0n) is 22.5. The molecule has 3 aromatic carbocycles. The first-order chi connectivity index (χ1) is 19.0. The monoisotopic (exact) mass is 528 g/mol. The van der Waals surface area contributed by atoms with Gasteiger partial charge in [-0.15, -0.1) is 0 Å². The molecule has 0 aliphatic carbocycles. The lowest BCUT2D eigenvalue weighted by Crippen LogP contribution is -2.46. The molecule has 204 valence electrons. The fourth-order valence-electron chi connectivity index (χ4n) is 4.84. The van der Waals surface area contributed by atoms with Gasteiger partial charge in [-0.3, -0.25) is 0 Å². The highest BCUT2D eigenvalue weighted by Crippen LogP contribution is 2.23. The highest BCUT2D eigenvalue weighted by molar-refractivity contribution is 5.54. The second-order valence-corrected chi connectivity index (χ2v) is 9.88. The lowest BCUT2D eigenvalue weighted by atomic mass is 10.2. The highest BCUT2D eigenvalue weighted by Gasteiger charge is 2.20. The molecule has 4 aromatic rings. The number of nitrogens with one attached hydrogen (secondary N) is 1. The maximum atomic E-state index is 13.2. The fourth-order valence-corrected chi connectivity index (χ4v) is 4.84. The van der Waals surface area contributed by atoms with E-state index >= 15 is 0 Å². The van der Waals surface area contributed by atoms with Gasteiger partial charge in [-0.1, -0.05) is 18.2 Å². The summed E-state index contributed by atoms with van der Waals surface area (Å²) in [5.41, 5.74) is 2.89. The Hall–Kier alpha value is -4.24. The van der Waals surface area contributed by atoms with Crippen molar-refractivity contribution in [2.24, 2.45) is 0 Å². The average molecular weight is 529 g/mol. The SMILES string of the molecule is CC(NCCOc1ccccc1)C(C)n1ncn(-c2ccc(N3CCN(c4ccc(O)cc4)CC3)cc2)c1=O. The molecule has 0 bridgehead atoms. The van der Waals surface area contributed by atoms with Gasteiger partial charge < -0.3 is 25.0 Å². The lowest BCUT2D eigenvalue weighted by Gasteiger charge is -2.37. The van der Waals surface area contributed by atoms with Crippen LogP contribution in [0, 0.1) is 0 Å². The van der Waals surface area contributed by atoms with E-state index in [-0.39, 0.29) is 23.5 Å². The number of hydrogen-bond donors (Lipinski definition) is 2. The van der Waals surface area contributed by atoms with E-state index < -0.39 is 0 Å². The van der Waals surface area contributed by atoms with E-state index in [9.17, 15) is 9.90 Å². The Morgan fingerprint density at radius 1 is 0.846 bits per heavy atom. The maximum Gasteiger partial charge on any atom is 0.350 e. The fraction of sp³-hybridized carbons (Fsp3) is 0.333. The predicted molar refractivity (Wildman–Crippen MR) is 154 cm³/mol. The van der Waals surface area contributed by atoms with Gasteiger partial charge in [0.05, 0.1) is 11.7 Å². The van der Waals surface area contributed by atoms with Gasteiger partial charge in [-0.25, -0.2) is 14.0 Å². The Morgan fingerprint density at radius 3 is 2.03 bits per heavy atom. The van der Waals surface area contributed by atoms with Crippen molar-refractivity contribution in [3.8, 4) is 17.2 Å². The lowest BCUT2D eigenvalue weighted by molar-refractivity contribution is 0.287. The third kappa shape index (κ3) is 6.26. The number of rotatable bonds is 10. The standard InChI is InChI=1S/C30H36N6O3/c1-23(31-16-21-39-29-6-4-3-5-7-29)24(2)36-30(38)35(22-32-36)27-10-8-25(9-11-27)33-17-19-34(20-18-33)26-12-14-28(37)15-13-26/h3-15,22-24,31,37H,16-21H2,1-2H3. The molecule has 2 unspecified atom stereocenters. The third-order valence-corrected chi connectivity index (χ3v) is 7.37. The second-order valence-electron chi connectivity index (χ2n) is 9.88. The molecule has 2 heterocycles. The summed E-state index contributed by atoms with van der Waals surface area (Å²) in [6.07, 6.45) is 1.59. The smallest absolute Gasteiger partial charge is 0.350 e. The Morgan fingerprint density at radius 2 is 1.41 bits per heavy atom. The van der Waals surface area contributed by atoms with Crippen LogP contribution in [0.1, 0.15) is 19.9 Å². The summed E-state index contributed by atoms with van der Waals surface area (Å²) in [5, 5.41) is 17.4. The molecule has 0 saturated carbocycles. The van der Waals surface area contributed by atoms with Crippen LogP contribution in [0.2, 0.25) is 0 Å². The van der Waals surface area contributed by atoms with Gasteiger partial charge in [0.2, 0.25) is 0 Å². The molecular weight excluding hydrogens is 492 g/mol. The largest absolute Gasteiger partial charge is 0.508 e. The third-order valence-electron chi connectivity index (χ3n) is 7.37. The van der Waals surface area contributed by atoms with E-state index in [2.05, 4.69) is 39.3 Å². The maximum absolute atomic E-state index is 13.2. The van der Waals surface area contributed by atoms with Crippen LogP contribution in [-0.2, 0) is 0 Å². The minimum Gasteiger partial charge on any atom is -0.508 e. The number of nitrogens with zero attached hydrogens (tertiary/aromatic N) is 5. The zero-order chi connectivity index (χ0) is 27.2. The molecule has 5 rings (SSSR count). The summed E-state index contributed by atoms with van der Waals surface area (Å²) in [6, 6.07) is 25.1. The van der Waals surface area contributed by atoms with Crippen LogP contribution in [0.15, 0.2) is 90.0 Å². The van der Waals surface area contributed by atoms with E-state index in [1.807, 2.05) is 61.5 Å². The van der Waals surface area contributed by atoms with Crippen molar-refractivity contribution in [1.29, 1.82) is 0 Å². The zero-order valence-corrected chi connectivity index (χ0v) is 22.5. The van der Waals surface area contributed by atoms with E-state index in [0.29, 0.717) is 13.2 Å². The van der Waals surface area contributed by atoms with Gasteiger partial charge >= 0.3 is 5.69 Å². The van der Waals surface area contributed by atoms with Crippen molar-refractivity contribution in [2.45, 2.75) is 25.9 Å². The summed E-state index contributed by atoms with van der Waals surface area (Å²) >= 11 is 0. The van der Waals surface area contributed by atoms with Gasteiger partial charge in [0.15, 0.2) is 0 Å². The predicted octanol–water partition coefficient (Wildman–Crippen LogP) is 3.68. The molecule has 2 N–H and O–H groups in total. The van der Waals surface area contributed by atoms with Gasteiger partial charge in [-0.2, -0.15) is 5.10 Å². The van der Waals surface area contributed by atoms with Crippen LogP contribution >= 0.6 is 0 Å². The van der Waals surface area contributed by atoms with Crippen LogP contribution < -0.4 is 25.5 Å². The Bertz CT molecular complexity index is 1380. The van der Waals surface area contributed by atoms with Crippen LogP contribution in [0.5, 0.6) is 11.5 Å². The molecule has 9 nitrogen and oxygen atoms in total. The normalized spacial score (nSPS) is 15.2. The van der Waals surface area contributed by atoms with Crippen molar-refractivity contribution in [1.82, 2.24) is 19.7 Å². The molecule has 9 heteroatoms. The molecular formula is C30H36N6O3. The first kappa shape index (κ1) is 26.4. The number of para-hydroxylation sites is 1.